The second-order valence-corrected chi connectivity index (χ2v) is 7.62. The zero-order chi connectivity index (χ0) is 17.9. The fourth-order valence-electron chi connectivity index (χ4n) is 3.83. The summed E-state index contributed by atoms with van der Waals surface area (Å²) in [7, 11) is 0. The Kier molecular flexibility index (Phi) is 5.49. The molecule has 2 fully saturated rings. The first-order valence-corrected chi connectivity index (χ1v) is 9.92. The Balaban J connectivity index is 1.64. The molecule has 1 atom stereocenters. The van der Waals surface area contributed by atoms with Crippen LogP contribution >= 0.6 is 12.2 Å². The van der Waals surface area contributed by atoms with Crippen molar-refractivity contribution in [2.75, 3.05) is 32.8 Å². The Morgan fingerprint density at radius 2 is 1.88 bits per heavy atom. The summed E-state index contributed by atoms with van der Waals surface area (Å²) in [6.45, 7) is 8.60. The van der Waals surface area contributed by atoms with E-state index in [1.807, 2.05) is 10.7 Å². The summed E-state index contributed by atoms with van der Waals surface area (Å²) in [5, 5.41) is 4.92. The van der Waals surface area contributed by atoms with Crippen LogP contribution in [0.2, 0.25) is 0 Å². The first kappa shape index (κ1) is 17.9. The van der Waals surface area contributed by atoms with Gasteiger partial charge in [-0.1, -0.05) is 18.2 Å². The van der Waals surface area contributed by atoms with Crippen LogP contribution in [0.4, 0.5) is 0 Å². The number of ether oxygens (including phenoxy) is 1. The summed E-state index contributed by atoms with van der Waals surface area (Å²) in [5.74, 6) is 1.03. The summed E-state index contributed by atoms with van der Waals surface area (Å²) in [6.07, 6.45) is 2.81. The molecule has 2 saturated heterocycles. The third kappa shape index (κ3) is 3.91. The van der Waals surface area contributed by atoms with E-state index in [-0.39, 0.29) is 6.10 Å². The third-order valence-corrected chi connectivity index (χ3v) is 5.54. The molecular weight excluding hydrogens is 346 g/mol. The van der Waals surface area contributed by atoms with E-state index >= 15 is 0 Å². The molecule has 0 aliphatic carbocycles. The maximum atomic E-state index is 5.82. The van der Waals surface area contributed by atoms with Gasteiger partial charge in [0, 0.05) is 18.8 Å². The second kappa shape index (κ2) is 8.00. The number of likely N-dealkylation sites (tertiary alicyclic amines) is 1. The summed E-state index contributed by atoms with van der Waals surface area (Å²) in [4.78, 5) is 4.84. The van der Waals surface area contributed by atoms with Crippen LogP contribution in [0.1, 0.15) is 25.6 Å². The Morgan fingerprint density at radius 3 is 2.62 bits per heavy atom. The molecule has 6 nitrogen and oxygen atoms in total. The minimum Gasteiger partial charge on any atom is -0.376 e. The number of hydrogen-bond donors (Lipinski definition) is 0. The summed E-state index contributed by atoms with van der Waals surface area (Å²) in [6, 6.07) is 10.3. The van der Waals surface area contributed by atoms with E-state index in [9.17, 15) is 0 Å². The fourth-order valence-corrected chi connectivity index (χ4v) is 4.14. The fraction of sp³-hybridized carbons (Fsp3) is 0.579. The monoisotopic (exact) mass is 373 g/mol. The maximum absolute atomic E-state index is 5.82. The minimum atomic E-state index is 0.262. The highest BCUT2D eigenvalue weighted by Gasteiger charge is 2.21. The van der Waals surface area contributed by atoms with E-state index < -0.39 is 0 Å². The second-order valence-electron chi connectivity index (χ2n) is 7.25. The molecule has 4 rings (SSSR count). The van der Waals surface area contributed by atoms with Crippen molar-refractivity contribution in [2.45, 2.75) is 39.1 Å². The maximum Gasteiger partial charge on any atom is 0.203 e. The van der Waals surface area contributed by atoms with Crippen molar-refractivity contribution in [2.24, 2.45) is 0 Å². The molecule has 1 aromatic carbocycles. The number of rotatable bonds is 5. The van der Waals surface area contributed by atoms with Crippen LogP contribution in [0, 0.1) is 4.77 Å². The molecule has 7 heteroatoms. The Bertz CT molecular complexity index is 781. The van der Waals surface area contributed by atoms with Gasteiger partial charge in [-0.3, -0.25) is 14.4 Å². The number of benzene rings is 1. The number of hydrogen-bond acceptors (Lipinski definition) is 5. The zero-order valence-corrected chi connectivity index (χ0v) is 16.2. The summed E-state index contributed by atoms with van der Waals surface area (Å²) in [5.41, 5.74) is 1.09. The van der Waals surface area contributed by atoms with Crippen LogP contribution in [-0.4, -0.2) is 63.0 Å². The normalized spacial score (nSPS) is 22.1. The van der Waals surface area contributed by atoms with E-state index in [4.69, 9.17) is 22.1 Å². The molecule has 3 heterocycles. The number of para-hydroxylation sites is 1. The molecule has 2 aliphatic heterocycles. The highest BCUT2D eigenvalue weighted by molar-refractivity contribution is 7.71. The van der Waals surface area contributed by atoms with Crippen LogP contribution in [0.3, 0.4) is 0 Å². The van der Waals surface area contributed by atoms with Gasteiger partial charge in [-0.2, -0.15) is 5.10 Å². The van der Waals surface area contributed by atoms with E-state index in [0.29, 0.717) is 0 Å². The Morgan fingerprint density at radius 1 is 1.12 bits per heavy atom. The molecule has 0 unspecified atom stereocenters. The van der Waals surface area contributed by atoms with Gasteiger partial charge in [0.1, 0.15) is 0 Å². The molecule has 26 heavy (non-hydrogen) atoms. The summed E-state index contributed by atoms with van der Waals surface area (Å²) >= 11 is 5.82. The smallest absolute Gasteiger partial charge is 0.203 e. The molecular formula is C19H27N5OS. The Hall–Kier alpha value is -1.54. The van der Waals surface area contributed by atoms with Gasteiger partial charge in [0.05, 0.1) is 25.9 Å². The van der Waals surface area contributed by atoms with Crippen LogP contribution < -0.4 is 0 Å². The molecule has 0 amide bonds. The van der Waals surface area contributed by atoms with Crippen molar-refractivity contribution in [1.82, 2.24) is 24.1 Å². The zero-order valence-electron chi connectivity index (χ0n) is 15.4. The quantitative estimate of drug-likeness (QED) is 0.754. The highest BCUT2D eigenvalue weighted by atomic mass is 32.1. The van der Waals surface area contributed by atoms with Crippen molar-refractivity contribution in [3.63, 3.8) is 0 Å². The van der Waals surface area contributed by atoms with E-state index in [2.05, 4.69) is 45.6 Å². The SMILES string of the molecule is C[C@@H]1CN(Cn2nc(CN3CCCC3)n(-c3ccccc3)c2=S)CCO1. The number of morpholine rings is 1. The van der Waals surface area contributed by atoms with Crippen LogP contribution in [0.25, 0.3) is 5.69 Å². The summed E-state index contributed by atoms with van der Waals surface area (Å²) < 4.78 is 10.5. The minimum absolute atomic E-state index is 0.262. The predicted octanol–water partition coefficient (Wildman–Crippen LogP) is 2.68. The number of aromatic nitrogens is 3. The average molecular weight is 374 g/mol. The molecule has 0 saturated carbocycles. The molecule has 140 valence electrons. The molecule has 1 aromatic heterocycles. The largest absolute Gasteiger partial charge is 0.376 e. The van der Waals surface area contributed by atoms with Gasteiger partial charge in [-0.15, -0.1) is 0 Å². The van der Waals surface area contributed by atoms with Gasteiger partial charge in [0.15, 0.2) is 5.82 Å². The average Bonchev–Trinajstić information content (AvgIpc) is 3.25. The van der Waals surface area contributed by atoms with Gasteiger partial charge < -0.3 is 4.74 Å². The van der Waals surface area contributed by atoms with Gasteiger partial charge in [0.2, 0.25) is 4.77 Å². The molecule has 0 spiro atoms. The van der Waals surface area contributed by atoms with E-state index in [0.717, 1.165) is 62.3 Å². The van der Waals surface area contributed by atoms with Gasteiger partial charge in [-0.25, -0.2) is 4.68 Å². The first-order chi connectivity index (χ1) is 12.7. The van der Waals surface area contributed by atoms with Crippen molar-refractivity contribution in [3.8, 4) is 5.69 Å². The van der Waals surface area contributed by atoms with Gasteiger partial charge >= 0.3 is 0 Å². The lowest BCUT2D eigenvalue weighted by Crippen LogP contribution is -2.42. The van der Waals surface area contributed by atoms with Crippen molar-refractivity contribution < 1.29 is 4.74 Å². The van der Waals surface area contributed by atoms with Crippen molar-refractivity contribution in [1.29, 1.82) is 0 Å². The lowest BCUT2D eigenvalue weighted by Gasteiger charge is -2.30. The molecule has 0 bridgehead atoms. The van der Waals surface area contributed by atoms with Crippen molar-refractivity contribution >= 4 is 12.2 Å². The van der Waals surface area contributed by atoms with Crippen LogP contribution in [0.5, 0.6) is 0 Å². The highest BCUT2D eigenvalue weighted by Crippen LogP contribution is 2.17. The molecule has 0 N–H and O–H groups in total. The lowest BCUT2D eigenvalue weighted by molar-refractivity contribution is -0.0307. The van der Waals surface area contributed by atoms with Crippen molar-refractivity contribution in [3.05, 3.63) is 40.9 Å². The topological polar surface area (TPSA) is 38.5 Å². The van der Waals surface area contributed by atoms with Crippen LogP contribution in [0.15, 0.2) is 30.3 Å². The molecule has 2 aromatic rings. The van der Waals surface area contributed by atoms with Gasteiger partial charge in [0.25, 0.3) is 0 Å². The molecule has 2 aliphatic rings. The first-order valence-electron chi connectivity index (χ1n) is 9.51. The van der Waals surface area contributed by atoms with E-state index in [1.54, 1.807) is 0 Å². The molecule has 0 radical (unpaired) electrons. The van der Waals surface area contributed by atoms with E-state index in [1.165, 1.54) is 12.8 Å². The Labute approximate surface area is 160 Å². The standard InChI is InChI=1S/C19H27N5OS/c1-16-13-22(11-12-25-16)15-23-19(26)24(17-7-3-2-4-8-17)18(20-23)14-21-9-5-6-10-21/h2-4,7-8,16H,5-6,9-15H2,1H3/t16-/m1/s1. The number of nitrogens with zero attached hydrogens (tertiary/aromatic N) is 5. The lowest BCUT2D eigenvalue weighted by atomic mass is 10.3. The predicted molar refractivity (Wildman–Crippen MR) is 104 cm³/mol. The third-order valence-electron chi connectivity index (χ3n) is 5.14. The van der Waals surface area contributed by atoms with Crippen LogP contribution in [-0.2, 0) is 18.0 Å². The van der Waals surface area contributed by atoms with Gasteiger partial charge in [-0.05, 0) is 57.2 Å².